The van der Waals surface area contributed by atoms with Crippen molar-refractivity contribution in [1.82, 2.24) is 5.32 Å². The van der Waals surface area contributed by atoms with Gasteiger partial charge in [0.1, 0.15) is 0 Å². The van der Waals surface area contributed by atoms with Crippen LogP contribution in [0.15, 0.2) is 0 Å². The molecule has 0 heterocycles. The van der Waals surface area contributed by atoms with Crippen molar-refractivity contribution in [2.45, 2.75) is 12.5 Å². The van der Waals surface area contributed by atoms with Gasteiger partial charge in [0, 0.05) is 7.11 Å². The van der Waals surface area contributed by atoms with Crippen LogP contribution in [-0.2, 0) is 9.53 Å². The van der Waals surface area contributed by atoms with Crippen LogP contribution >= 0.6 is 0 Å². The summed E-state index contributed by atoms with van der Waals surface area (Å²) in [5.41, 5.74) is 4.88. The van der Waals surface area contributed by atoms with Crippen LogP contribution in [0.2, 0.25) is 0 Å². The first-order valence-electron chi connectivity index (χ1n) is 3.83. The molecule has 72 valence electrons. The molecule has 5 heteroatoms. The first-order valence-corrected chi connectivity index (χ1v) is 3.83. The predicted octanol–water partition coefficient (Wildman–Crippen LogP) is -1.54. The first kappa shape index (κ1) is 11.4. The molecular formula is C7H16N2O3. The highest BCUT2D eigenvalue weighted by Crippen LogP contribution is 1.89. The van der Waals surface area contributed by atoms with Gasteiger partial charge in [-0.25, -0.2) is 0 Å². The van der Waals surface area contributed by atoms with E-state index in [4.69, 9.17) is 15.6 Å². The minimum atomic E-state index is -0.477. The Kier molecular flexibility index (Phi) is 6.64. The van der Waals surface area contributed by atoms with E-state index in [1.54, 1.807) is 0 Å². The number of amides is 1. The van der Waals surface area contributed by atoms with E-state index in [0.29, 0.717) is 19.6 Å². The minimum Gasteiger partial charge on any atom is -0.391 e. The summed E-state index contributed by atoms with van der Waals surface area (Å²) in [6.45, 7) is 1.03. The fourth-order valence-corrected chi connectivity index (χ4v) is 0.756. The van der Waals surface area contributed by atoms with Gasteiger partial charge in [-0.05, 0) is 13.0 Å². The summed E-state index contributed by atoms with van der Waals surface area (Å²) in [7, 11) is 1.53. The molecule has 0 aliphatic carbocycles. The lowest BCUT2D eigenvalue weighted by molar-refractivity contribution is -0.117. The molecule has 0 rings (SSSR count). The van der Waals surface area contributed by atoms with E-state index in [-0.39, 0.29) is 6.54 Å². The molecule has 0 aromatic heterocycles. The zero-order chi connectivity index (χ0) is 9.40. The monoisotopic (exact) mass is 176 g/mol. The highest BCUT2D eigenvalue weighted by Gasteiger charge is 2.02. The largest absolute Gasteiger partial charge is 0.391 e. The van der Waals surface area contributed by atoms with Gasteiger partial charge in [-0.1, -0.05) is 0 Å². The number of ether oxygens (including phenoxy) is 1. The topological polar surface area (TPSA) is 84.6 Å². The molecule has 12 heavy (non-hydrogen) atoms. The van der Waals surface area contributed by atoms with Crippen molar-refractivity contribution >= 4 is 5.91 Å². The van der Waals surface area contributed by atoms with Crippen LogP contribution in [0.1, 0.15) is 6.42 Å². The molecular weight excluding hydrogens is 160 g/mol. The summed E-state index contributed by atoms with van der Waals surface area (Å²) in [6.07, 6.45) is 0.0802. The van der Waals surface area contributed by atoms with E-state index in [0.717, 1.165) is 0 Å². The van der Waals surface area contributed by atoms with Crippen LogP contribution in [-0.4, -0.2) is 43.9 Å². The molecule has 1 atom stereocenters. The summed E-state index contributed by atoms with van der Waals surface area (Å²) in [4.78, 5) is 10.2. The number of rotatable bonds is 7. The molecule has 0 saturated carbocycles. The molecule has 0 spiro atoms. The van der Waals surface area contributed by atoms with Crippen LogP contribution in [0, 0.1) is 0 Å². The molecule has 5 nitrogen and oxygen atoms in total. The maximum absolute atomic E-state index is 10.2. The molecule has 0 radical (unpaired) electrons. The van der Waals surface area contributed by atoms with Gasteiger partial charge in [-0.15, -0.1) is 0 Å². The fourth-order valence-electron chi connectivity index (χ4n) is 0.756. The average Bonchev–Trinajstić information content (AvgIpc) is 1.98. The number of nitrogens with two attached hydrogens (primary N) is 1. The number of hydrogen-bond donors (Lipinski definition) is 3. The third kappa shape index (κ3) is 7.46. The summed E-state index contributed by atoms with van der Waals surface area (Å²) < 4.78 is 4.71. The number of carbonyl (C=O) groups excluding carboxylic acids is 1. The summed E-state index contributed by atoms with van der Waals surface area (Å²) in [5.74, 6) is -0.392. The number of aliphatic hydroxyl groups excluding tert-OH is 1. The maximum atomic E-state index is 10.2. The van der Waals surface area contributed by atoms with Gasteiger partial charge in [-0.3, -0.25) is 4.79 Å². The molecule has 0 fully saturated rings. The van der Waals surface area contributed by atoms with Crippen LogP contribution in [0.3, 0.4) is 0 Å². The van der Waals surface area contributed by atoms with Gasteiger partial charge in [-0.2, -0.15) is 0 Å². The fraction of sp³-hybridized carbons (Fsp3) is 0.857. The Morgan fingerprint density at radius 2 is 2.42 bits per heavy atom. The standard InChI is InChI=1S/C7H16N2O3/c1-12-5-6(10)2-3-9-4-7(8)11/h6,9-10H,2-5H2,1H3,(H2,8,11). The van der Waals surface area contributed by atoms with Crippen molar-refractivity contribution in [3.63, 3.8) is 0 Å². The van der Waals surface area contributed by atoms with E-state index >= 15 is 0 Å². The van der Waals surface area contributed by atoms with Crippen LogP contribution in [0.4, 0.5) is 0 Å². The Balaban J connectivity index is 3.13. The Hall–Kier alpha value is -0.650. The number of carbonyl (C=O) groups is 1. The van der Waals surface area contributed by atoms with Gasteiger partial charge in [0.25, 0.3) is 0 Å². The van der Waals surface area contributed by atoms with Crippen LogP contribution in [0.5, 0.6) is 0 Å². The van der Waals surface area contributed by atoms with Crippen molar-refractivity contribution in [3.05, 3.63) is 0 Å². The van der Waals surface area contributed by atoms with Crippen molar-refractivity contribution in [3.8, 4) is 0 Å². The molecule has 0 aliphatic rings. The highest BCUT2D eigenvalue weighted by atomic mass is 16.5. The average molecular weight is 176 g/mol. The molecule has 0 aliphatic heterocycles. The molecule has 0 saturated heterocycles. The Bertz CT molecular complexity index is 130. The van der Waals surface area contributed by atoms with Gasteiger partial charge in [0.15, 0.2) is 0 Å². The second kappa shape index (κ2) is 7.02. The van der Waals surface area contributed by atoms with Gasteiger partial charge in [0.05, 0.1) is 19.3 Å². The zero-order valence-electron chi connectivity index (χ0n) is 7.25. The smallest absolute Gasteiger partial charge is 0.231 e. The highest BCUT2D eigenvalue weighted by molar-refractivity contribution is 5.75. The summed E-state index contributed by atoms with van der Waals surface area (Å²) in [6, 6.07) is 0. The second-order valence-corrected chi connectivity index (χ2v) is 2.54. The Labute approximate surface area is 71.9 Å². The SMILES string of the molecule is COCC(O)CCNCC(N)=O. The lowest BCUT2D eigenvalue weighted by atomic mass is 10.2. The van der Waals surface area contributed by atoms with E-state index in [1.807, 2.05) is 0 Å². The number of nitrogens with one attached hydrogen (secondary N) is 1. The lowest BCUT2D eigenvalue weighted by Crippen LogP contribution is -2.31. The maximum Gasteiger partial charge on any atom is 0.231 e. The summed E-state index contributed by atoms with van der Waals surface area (Å²) in [5, 5.41) is 11.9. The van der Waals surface area contributed by atoms with E-state index in [9.17, 15) is 4.79 Å². The third-order valence-corrected chi connectivity index (χ3v) is 1.31. The predicted molar refractivity (Wildman–Crippen MR) is 44.6 cm³/mol. The van der Waals surface area contributed by atoms with Gasteiger partial charge >= 0.3 is 0 Å². The van der Waals surface area contributed by atoms with Gasteiger partial charge in [0.2, 0.25) is 5.91 Å². The Morgan fingerprint density at radius 3 is 2.92 bits per heavy atom. The van der Waals surface area contributed by atoms with E-state index < -0.39 is 12.0 Å². The second-order valence-electron chi connectivity index (χ2n) is 2.54. The molecule has 4 N–H and O–H groups in total. The number of aliphatic hydroxyl groups is 1. The number of methoxy groups -OCH3 is 1. The number of primary amides is 1. The van der Waals surface area contributed by atoms with Crippen molar-refractivity contribution in [1.29, 1.82) is 0 Å². The number of hydrogen-bond acceptors (Lipinski definition) is 4. The summed E-state index contributed by atoms with van der Waals surface area (Å²) >= 11 is 0. The molecule has 0 aromatic carbocycles. The van der Waals surface area contributed by atoms with E-state index in [2.05, 4.69) is 5.32 Å². The Morgan fingerprint density at radius 1 is 1.75 bits per heavy atom. The molecule has 0 bridgehead atoms. The van der Waals surface area contributed by atoms with Crippen molar-refractivity contribution in [2.75, 3.05) is 26.8 Å². The molecule has 1 unspecified atom stereocenters. The minimum absolute atomic E-state index is 0.152. The van der Waals surface area contributed by atoms with Crippen LogP contribution in [0.25, 0.3) is 0 Å². The first-order chi connectivity index (χ1) is 5.66. The van der Waals surface area contributed by atoms with Crippen LogP contribution < -0.4 is 11.1 Å². The normalized spacial score (nSPS) is 12.8. The van der Waals surface area contributed by atoms with E-state index in [1.165, 1.54) is 7.11 Å². The van der Waals surface area contributed by atoms with Crippen molar-refractivity contribution in [2.24, 2.45) is 5.73 Å². The van der Waals surface area contributed by atoms with Crippen molar-refractivity contribution < 1.29 is 14.6 Å². The third-order valence-electron chi connectivity index (χ3n) is 1.31. The zero-order valence-corrected chi connectivity index (χ0v) is 7.25. The van der Waals surface area contributed by atoms with Gasteiger partial charge < -0.3 is 20.9 Å². The quantitative estimate of drug-likeness (QED) is 0.410. The molecule has 1 amide bonds. The lowest BCUT2D eigenvalue weighted by Gasteiger charge is -2.08. The molecule has 0 aromatic rings.